The lowest BCUT2D eigenvalue weighted by Gasteiger charge is -2.29. The van der Waals surface area contributed by atoms with Crippen molar-refractivity contribution >= 4 is 133 Å². The molecule has 0 bridgehead atoms. The van der Waals surface area contributed by atoms with Crippen LogP contribution in [0.4, 0.5) is 0 Å². The van der Waals surface area contributed by atoms with Crippen LogP contribution in [-0.2, 0) is 86.4 Å². The number of aliphatic hydroxyl groups is 1. The summed E-state index contributed by atoms with van der Waals surface area (Å²) >= 11 is 0.873. The summed E-state index contributed by atoms with van der Waals surface area (Å²) in [6, 6.07) is 10.4. The van der Waals surface area contributed by atoms with E-state index in [1.165, 1.54) is 6.21 Å². The maximum Gasteiger partial charge on any atom is 0.245 e. The first-order valence-corrected chi connectivity index (χ1v) is 38.6. The monoisotopic (exact) mass is 1560 g/mol. The molecule has 2 aliphatic heterocycles. The predicted octanol–water partition coefficient (Wildman–Crippen LogP) is -0.385. The first kappa shape index (κ1) is 86.1. The van der Waals surface area contributed by atoms with Gasteiger partial charge in [-0.25, -0.2) is 0 Å². The second-order valence-electron chi connectivity index (χ2n) is 28.7. The molecule has 600 valence electrons. The van der Waals surface area contributed by atoms with Gasteiger partial charge in [-0.05, 0) is 83.2 Å². The summed E-state index contributed by atoms with van der Waals surface area (Å²) in [6.45, 7) is 8.17. The Balaban J connectivity index is 1.14. The fourth-order valence-electron chi connectivity index (χ4n) is 13.0. The third-order valence-corrected chi connectivity index (χ3v) is 20.5. The van der Waals surface area contributed by atoms with Crippen LogP contribution in [0.5, 0.6) is 0 Å². The van der Waals surface area contributed by atoms with Gasteiger partial charge in [0.25, 0.3) is 0 Å². The van der Waals surface area contributed by atoms with Crippen LogP contribution in [0.25, 0.3) is 32.6 Å². The van der Waals surface area contributed by atoms with Gasteiger partial charge in [0, 0.05) is 84.0 Å². The number of nitrogens with two attached hydrogens (primary N) is 3. The number of nitrogens with zero attached hydrogens (tertiary/aromatic N) is 1. The van der Waals surface area contributed by atoms with E-state index in [9.17, 15) is 57.8 Å². The van der Waals surface area contributed by atoms with Gasteiger partial charge >= 0.3 is 0 Å². The quantitative estimate of drug-likeness (QED) is 0.0433. The van der Waals surface area contributed by atoms with Crippen molar-refractivity contribution in [2.24, 2.45) is 39.9 Å². The van der Waals surface area contributed by atoms with Gasteiger partial charge in [0.2, 0.25) is 82.7 Å². The number of carbonyl (C=O) groups is 14. The number of rotatable bonds is 20. The fraction of sp³-hybridized carbons (Fsp3) is 0.449. The number of aromatic nitrogens is 2. The average Bonchev–Trinajstić information content (AvgIpc) is 1.72. The number of carbonyl (C=O) groups excluding carboxylic acids is 14. The zero-order chi connectivity index (χ0) is 81.3. The molecule has 33 nitrogen and oxygen atoms in total. The summed E-state index contributed by atoms with van der Waals surface area (Å²) in [4.78, 5) is 211. The molecule has 112 heavy (non-hydrogen) atoms. The van der Waals surface area contributed by atoms with Gasteiger partial charge in [-0.15, -0.1) is 11.8 Å². The topological polar surface area (TPSA) is 526 Å². The average molecular weight is 1560 g/mol. The Bertz CT molecular complexity index is 4480. The first-order valence-electron chi connectivity index (χ1n) is 37.4. The van der Waals surface area contributed by atoms with Crippen LogP contribution in [-0.4, -0.2) is 202 Å². The van der Waals surface area contributed by atoms with Gasteiger partial charge in [0.15, 0.2) is 0 Å². The lowest BCUT2D eigenvalue weighted by atomic mass is 9.96. The molecule has 14 amide bonds. The molecule has 4 aromatic carbocycles. The highest BCUT2D eigenvalue weighted by Gasteiger charge is 2.39. The van der Waals surface area contributed by atoms with Crippen molar-refractivity contribution in [1.82, 2.24) is 73.8 Å². The molecule has 34 heteroatoms. The summed E-state index contributed by atoms with van der Waals surface area (Å²) in [5.41, 5.74) is 20.9. The molecule has 1 saturated heterocycles. The van der Waals surface area contributed by atoms with Crippen molar-refractivity contribution in [3.8, 4) is 0 Å². The zero-order valence-electron chi connectivity index (χ0n) is 63.4. The van der Waals surface area contributed by atoms with Gasteiger partial charge in [0.1, 0.15) is 66.5 Å². The minimum Gasteiger partial charge on any atom is -0.394 e. The molecule has 2 aliphatic rings. The molecule has 8 rings (SSSR count). The van der Waals surface area contributed by atoms with Crippen LogP contribution < -0.4 is 81.0 Å². The Hall–Kier alpha value is -11.5. The largest absolute Gasteiger partial charge is 0.394 e. The SMILES string of the molecule is CC[C@H](C)[C@@H]1NC(=O)[C@@H](Cc2ccc3ccccc3c2)NC(=O)CSC[C@@H](C(N)=O)NC(=O)[C@H](C(C)C)NC(=O)[C@H](Cc2c[nH]c3ccccc23)NC(=O)[C@H](CCCCN)NC(=O)[C@@H](C(C)C)NC(=O)[C@@H](Cc2c[nH]c3ccccc23)NC(=O)[C@H](CC(N)=O)NC(=O)[C@H](CC2=CCC=N2)NC(=O)CNC(=O)[C@H](CO)NC1=O. The Morgan fingerprint density at radius 2 is 1.01 bits per heavy atom. The summed E-state index contributed by atoms with van der Waals surface area (Å²) in [5, 5.41) is 45.2. The molecule has 0 unspecified atom stereocenters. The molecular formula is C78H102N18O15S. The standard InChI is InChI=1S/C78H102N18O15S/c1-7-43(6)67-78(111)92-60(38-97)69(102)85-37-63(99)86-58(33-49-19-16-28-82-49)71(104)91-59(34-62(80)98)72(105)90-57(32-48-36-84-53-23-13-11-21-51(48)53)75(108)94-65(41(2)3)76(109)88-54(24-14-15-27-79)70(103)89-56(31-47-35-83-52-22-12-10-20-50(47)52)74(107)95-66(42(4)5)77(110)93-61(68(81)101)39-112-40-64(100)87-55(73(106)96-67)30-44-25-26-45-17-8-9-18-46(45)29-44/h8-13,17-23,25-26,28-29,35-36,41-43,54-61,65-67,83-84,97H,7,14-16,24,27,30-34,37-40,79H2,1-6H3,(H2,80,98)(H2,81,101)(H,85,102)(H,86,99)(H,87,100)(H,88,109)(H,89,103)(H,90,105)(H,91,104)(H,92,111)(H,93,110)(H,94,108)(H,95,107)(H,96,106)/t43-,54-,55+,56-,57+,58-,59-,60-,61-,65+,66-,67-/m0/s1. The highest BCUT2D eigenvalue weighted by atomic mass is 32.2. The molecule has 1 fully saturated rings. The van der Waals surface area contributed by atoms with Crippen LogP contribution in [0.2, 0.25) is 0 Å². The summed E-state index contributed by atoms with van der Waals surface area (Å²) in [6.07, 6.45) is 6.02. The number of unbranched alkanes of at least 4 members (excludes halogenated alkanes) is 1. The van der Waals surface area contributed by atoms with E-state index in [4.69, 9.17) is 17.2 Å². The third-order valence-electron chi connectivity index (χ3n) is 19.5. The number of hydrogen-bond donors (Lipinski definition) is 18. The van der Waals surface area contributed by atoms with Crippen molar-refractivity contribution in [2.45, 2.75) is 172 Å². The van der Waals surface area contributed by atoms with Crippen molar-refractivity contribution in [2.75, 3.05) is 31.2 Å². The van der Waals surface area contributed by atoms with Crippen LogP contribution >= 0.6 is 11.8 Å². The molecule has 12 atom stereocenters. The number of amides is 14. The second kappa shape index (κ2) is 41.5. The van der Waals surface area contributed by atoms with Crippen LogP contribution in [0.1, 0.15) is 103 Å². The van der Waals surface area contributed by atoms with E-state index in [-0.39, 0.29) is 57.2 Å². The second-order valence-corrected chi connectivity index (χ2v) is 29.7. The van der Waals surface area contributed by atoms with Crippen molar-refractivity contribution in [1.29, 1.82) is 0 Å². The third kappa shape index (κ3) is 24.5. The number of nitrogens with one attached hydrogen (secondary N) is 14. The van der Waals surface area contributed by atoms with Crippen molar-refractivity contribution < 1.29 is 72.2 Å². The fourth-order valence-corrected chi connectivity index (χ4v) is 13.8. The van der Waals surface area contributed by atoms with E-state index in [1.54, 1.807) is 109 Å². The van der Waals surface area contributed by atoms with E-state index < -0.39 is 192 Å². The van der Waals surface area contributed by atoms with Crippen molar-refractivity contribution in [3.63, 3.8) is 0 Å². The molecule has 2 aromatic heterocycles. The Morgan fingerprint density at radius 1 is 0.518 bits per heavy atom. The minimum absolute atomic E-state index is 0.0384. The van der Waals surface area contributed by atoms with E-state index >= 15 is 14.4 Å². The molecule has 0 spiro atoms. The molecule has 0 saturated carbocycles. The maximum atomic E-state index is 15.1. The molecule has 0 radical (unpaired) electrons. The van der Waals surface area contributed by atoms with E-state index in [0.29, 0.717) is 57.0 Å². The van der Waals surface area contributed by atoms with Gasteiger partial charge in [-0.2, -0.15) is 0 Å². The molecule has 4 heterocycles. The van der Waals surface area contributed by atoms with E-state index in [1.807, 2.05) is 42.5 Å². The first-order chi connectivity index (χ1) is 53.5. The number of aromatic amines is 2. The van der Waals surface area contributed by atoms with Gasteiger partial charge in [-0.1, -0.05) is 133 Å². The van der Waals surface area contributed by atoms with E-state index in [2.05, 4.69) is 78.8 Å². The number of H-pyrrole nitrogens is 2. The van der Waals surface area contributed by atoms with Crippen LogP contribution in [0, 0.1) is 17.8 Å². The summed E-state index contributed by atoms with van der Waals surface area (Å²) in [7, 11) is 0. The normalized spacial score (nSPS) is 23.8. The number of allylic oxidation sites excluding steroid dienone is 1. The highest BCUT2D eigenvalue weighted by molar-refractivity contribution is 8.00. The van der Waals surface area contributed by atoms with Crippen LogP contribution in [0.3, 0.4) is 0 Å². The van der Waals surface area contributed by atoms with E-state index in [0.717, 1.165) is 22.5 Å². The van der Waals surface area contributed by atoms with Gasteiger partial charge in [0.05, 0.1) is 25.3 Å². The van der Waals surface area contributed by atoms with Gasteiger partial charge < -0.3 is 96.1 Å². The number of fused-ring (bicyclic) bond motifs is 3. The lowest BCUT2D eigenvalue weighted by molar-refractivity contribution is -0.137. The lowest BCUT2D eigenvalue weighted by Crippen LogP contribution is -2.62. The Kier molecular flexibility index (Phi) is 31.9. The predicted molar refractivity (Wildman–Crippen MR) is 421 cm³/mol. The van der Waals surface area contributed by atoms with Gasteiger partial charge in [-0.3, -0.25) is 72.1 Å². The zero-order valence-corrected chi connectivity index (χ0v) is 64.2. The number of para-hydroxylation sites is 2. The molecule has 0 aliphatic carbocycles. The molecule has 21 N–H and O–H groups in total. The molecule has 6 aromatic rings. The number of hydrogen-bond acceptors (Lipinski definition) is 18. The smallest absolute Gasteiger partial charge is 0.245 e. The highest BCUT2D eigenvalue weighted by Crippen LogP contribution is 2.24. The Morgan fingerprint density at radius 3 is 1.56 bits per heavy atom. The molecular weight excluding hydrogens is 1460 g/mol. The van der Waals surface area contributed by atoms with Crippen molar-refractivity contribution in [3.05, 3.63) is 132 Å². The Labute approximate surface area is 651 Å². The number of thioether (sulfide) groups is 1. The summed E-state index contributed by atoms with van der Waals surface area (Å²) in [5.74, 6) is -16.0. The minimum atomic E-state index is -1.84. The summed E-state index contributed by atoms with van der Waals surface area (Å²) < 4.78 is 0. The number of aliphatic imine (C=N–C) groups is 1. The number of aliphatic hydroxyl groups excluding tert-OH is 1. The van der Waals surface area contributed by atoms with Crippen LogP contribution in [0.15, 0.2) is 120 Å². The maximum absolute atomic E-state index is 15.1. The number of benzene rings is 4. The number of primary amides is 2.